The Morgan fingerprint density at radius 1 is 0.763 bits per heavy atom. The van der Waals surface area contributed by atoms with Crippen LogP contribution in [0.15, 0.2) is 89.3 Å². The van der Waals surface area contributed by atoms with Gasteiger partial charge in [-0.05, 0) is 41.3 Å². The number of furan rings is 1. The van der Waals surface area contributed by atoms with Crippen LogP contribution in [0.2, 0.25) is 5.28 Å². The summed E-state index contributed by atoms with van der Waals surface area (Å²) >= 11 is 8.34. The third kappa shape index (κ3) is 2.51. The van der Waals surface area contributed by atoms with E-state index in [1.54, 1.807) is 11.3 Å². The van der Waals surface area contributed by atoms with Crippen molar-refractivity contribution in [2.75, 3.05) is 0 Å². The van der Waals surface area contributed by atoms with Crippen LogP contribution in [0.25, 0.3) is 80.6 Å². The molecule has 0 aliphatic rings. The van der Waals surface area contributed by atoms with Gasteiger partial charge in [-0.1, -0.05) is 72.8 Å². The first kappa shape index (κ1) is 20.4. The normalized spacial score (nSPS) is 12.1. The topological polar surface area (TPSA) is 43.9 Å². The molecule has 9 rings (SSSR count). The summed E-state index contributed by atoms with van der Waals surface area (Å²) in [5.41, 5.74) is 3.34. The minimum Gasteiger partial charge on any atom is -0.437 e. The number of aromatic nitrogens is 3. The first-order valence-electron chi connectivity index (χ1n) is 12.2. The quantitative estimate of drug-likeness (QED) is 0.201. The lowest BCUT2D eigenvalue weighted by Gasteiger charge is -2.10. The van der Waals surface area contributed by atoms with E-state index in [1.165, 1.54) is 25.6 Å². The fraction of sp³-hybridized carbons (Fsp3) is 0. The van der Waals surface area contributed by atoms with Crippen molar-refractivity contribution >= 4 is 97.8 Å². The maximum atomic E-state index is 6.55. The van der Waals surface area contributed by atoms with Gasteiger partial charge in [0.15, 0.2) is 5.82 Å². The molecule has 0 radical (unpaired) electrons. The van der Waals surface area contributed by atoms with E-state index in [4.69, 9.17) is 21.0 Å². The summed E-state index contributed by atoms with van der Waals surface area (Å²) < 4.78 is 10.8. The molecule has 0 bridgehead atoms. The van der Waals surface area contributed by atoms with Crippen LogP contribution >= 0.6 is 22.9 Å². The van der Waals surface area contributed by atoms with Gasteiger partial charge in [0, 0.05) is 36.3 Å². The Bertz CT molecular complexity index is 2430. The number of halogens is 1. The largest absolute Gasteiger partial charge is 0.437 e. The molecule has 0 aliphatic carbocycles. The number of hydrogen-bond donors (Lipinski definition) is 0. The molecule has 0 unspecified atom stereocenters. The molecule has 0 aliphatic heterocycles. The van der Waals surface area contributed by atoms with Crippen molar-refractivity contribution in [1.82, 2.24) is 14.5 Å². The van der Waals surface area contributed by atoms with E-state index in [9.17, 15) is 0 Å². The highest BCUT2D eigenvalue weighted by atomic mass is 35.5. The number of rotatable bonds is 1. The number of fused-ring (bicyclic) bond motifs is 13. The van der Waals surface area contributed by atoms with Crippen LogP contribution in [-0.4, -0.2) is 14.5 Å². The average Bonchev–Trinajstić information content (AvgIpc) is 3.62. The molecule has 38 heavy (non-hydrogen) atoms. The highest BCUT2D eigenvalue weighted by Gasteiger charge is 2.25. The molecule has 9 aromatic rings. The van der Waals surface area contributed by atoms with Crippen LogP contribution in [0.4, 0.5) is 0 Å². The molecule has 6 heteroatoms. The van der Waals surface area contributed by atoms with Crippen LogP contribution in [0.3, 0.4) is 0 Å². The Balaban J connectivity index is 1.65. The first-order chi connectivity index (χ1) is 18.8. The highest BCUT2D eigenvalue weighted by Crippen LogP contribution is 2.48. The van der Waals surface area contributed by atoms with Gasteiger partial charge in [-0.15, -0.1) is 11.3 Å². The fourth-order valence-electron chi connectivity index (χ4n) is 5.95. The van der Waals surface area contributed by atoms with Crippen molar-refractivity contribution in [2.45, 2.75) is 0 Å². The Labute approximate surface area is 224 Å². The summed E-state index contributed by atoms with van der Waals surface area (Å²) in [4.78, 5) is 9.32. The summed E-state index contributed by atoms with van der Waals surface area (Å²) in [6.45, 7) is 0. The third-order valence-electron chi connectivity index (χ3n) is 7.41. The maximum absolute atomic E-state index is 6.55. The van der Waals surface area contributed by atoms with Gasteiger partial charge in [0.1, 0.15) is 5.58 Å². The van der Waals surface area contributed by atoms with E-state index in [1.807, 2.05) is 30.3 Å². The van der Waals surface area contributed by atoms with Gasteiger partial charge >= 0.3 is 0 Å². The van der Waals surface area contributed by atoms with Crippen LogP contribution in [-0.2, 0) is 0 Å². The zero-order valence-electron chi connectivity index (χ0n) is 19.6. The van der Waals surface area contributed by atoms with Gasteiger partial charge < -0.3 is 4.42 Å². The molecule has 4 aromatic heterocycles. The summed E-state index contributed by atoms with van der Waals surface area (Å²) in [5.74, 6) is 0.701. The third-order valence-corrected chi connectivity index (χ3v) is 8.76. The first-order valence-corrected chi connectivity index (χ1v) is 13.4. The maximum Gasteiger partial charge on any atom is 0.233 e. The minimum absolute atomic E-state index is 0.143. The number of hydrogen-bond acceptors (Lipinski definition) is 4. The molecule has 0 saturated heterocycles. The zero-order valence-corrected chi connectivity index (χ0v) is 21.2. The summed E-state index contributed by atoms with van der Waals surface area (Å²) in [6.07, 6.45) is 0. The van der Waals surface area contributed by atoms with Crippen molar-refractivity contribution in [3.8, 4) is 5.82 Å². The lowest BCUT2D eigenvalue weighted by molar-refractivity contribution is 0.652. The monoisotopic (exact) mass is 523 g/mol. The van der Waals surface area contributed by atoms with E-state index < -0.39 is 0 Å². The lowest BCUT2D eigenvalue weighted by Crippen LogP contribution is -2.00. The van der Waals surface area contributed by atoms with Crippen molar-refractivity contribution in [3.63, 3.8) is 0 Å². The Morgan fingerprint density at radius 2 is 1.53 bits per heavy atom. The van der Waals surface area contributed by atoms with Gasteiger partial charge in [-0.25, -0.2) is 0 Å². The molecule has 0 N–H and O–H groups in total. The number of benzene rings is 4. The Hall–Kier alpha value is -4.63. The molecular weight excluding hydrogens is 510 g/mol. The standard InChI is InChI=1S/C32H14ClN3OS/c33-32-34-30(27-20-12-4-7-15-23(20)37-31(27)35-32)36-22-14-6-3-11-19(22)25-17-9-1-2-10-18(17)29-26(28(25)36)21-13-5-8-16-24(21)38-29/h1-4,6-12,14-16H. The molecule has 0 amide bonds. The fourth-order valence-corrected chi connectivity index (χ4v) is 7.30. The van der Waals surface area contributed by atoms with Crippen molar-refractivity contribution < 1.29 is 4.42 Å². The van der Waals surface area contributed by atoms with Crippen LogP contribution in [0.1, 0.15) is 0 Å². The summed E-state index contributed by atoms with van der Waals surface area (Å²) in [6, 6.07) is 35.7. The average molecular weight is 524 g/mol. The Morgan fingerprint density at radius 3 is 2.42 bits per heavy atom. The van der Waals surface area contributed by atoms with Crippen LogP contribution < -0.4 is 0 Å². The second-order valence-corrected chi connectivity index (χ2v) is 10.8. The Kier molecular flexibility index (Phi) is 3.89. The number of para-hydroxylation sites is 2. The van der Waals surface area contributed by atoms with Gasteiger partial charge in [-0.2, -0.15) is 9.97 Å². The lowest BCUT2D eigenvalue weighted by atomic mass is 10.00. The van der Waals surface area contributed by atoms with Gasteiger partial charge in [0.05, 0.1) is 21.8 Å². The number of thiophene rings is 1. The van der Waals surface area contributed by atoms with E-state index in [0.717, 1.165) is 43.5 Å². The predicted molar refractivity (Wildman–Crippen MR) is 157 cm³/mol. The van der Waals surface area contributed by atoms with Gasteiger partial charge in [0.25, 0.3) is 0 Å². The molecule has 0 spiro atoms. The number of nitrogens with zero attached hydrogens (tertiary/aromatic N) is 3. The summed E-state index contributed by atoms with van der Waals surface area (Å²) in [5, 5.41) is 8.89. The molecule has 0 fully saturated rings. The highest BCUT2D eigenvalue weighted by molar-refractivity contribution is 7.27. The van der Waals surface area contributed by atoms with Crippen LogP contribution in [0, 0.1) is 12.1 Å². The van der Waals surface area contributed by atoms with Gasteiger partial charge in [-0.3, -0.25) is 4.57 Å². The van der Waals surface area contributed by atoms with Crippen molar-refractivity contribution in [3.05, 3.63) is 102 Å². The second-order valence-electron chi connectivity index (χ2n) is 9.36. The smallest absolute Gasteiger partial charge is 0.233 e. The molecule has 0 saturated carbocycles. The molecule has 5 aromatic carbocycles. The molecule has 176 valence electrons. The molecular formula is C32H14ClN3OS. The van der Waals surface area contributed by atoms with E-state index in [-0.39, 0.29) is 5.28 Å². The van der Waals surface area contributed by atoms with Crippen molar-refractivity contribution in [2.24, 2.45) is 0 Å². The predicted octanol–water partition coefficient (Wildman–Crippen LogP) is 9.25. The minimum atomic E-state index is 0.143. The molecule has 0 atom stereocenters. The molecule has 4 heterocycles. The van der Waals surface area contributed by atoms with Crippen LogP contribution in [0.5, 0.6) is 0 Å². The van der Waals surface area contributed by atoms with E-state index >= 15 is 0 Å². The van der Waals surface area contributed by atoms with E-state index in [2.05, 4.69) is 76.3 Å². The zero-order chi connectivity index (χ0) is 25.0. The molecule has 4 nitrogen and oxygen atoms in total. The van der Waals surface area contributed by atoms with E-state index in [0.29, 0.717) is 11.5 Å². The van der Waals surface area contributed by atoms with Gasteiger partial charge in [0.2, 0.25) is 11.0 Å². The van der Waals surface area contributed by atoms with Crippen molar-refractivity contribution in [1.29, 1.82) is 0 Å². The summed E-state index contributed by atoms with van der Waals surface area (Å²) in [7, 11) is 0. The second kappa shape index (κ2) is 7.23. The SMILES string of the molecule is Clc1nc(-n2c3ccccc3c3c4ccccc4c4sc5ccc#cc5c4c32)c2c(n1)oc1ccccc12.